The van der Waals surface area contributed by atoms with Crippen LogP contribution < -0.4 is 5.32 Å². The van der Waals surface area contributed by atoms with Gasteiger partial charge in [-0.3, -0.25) is 18.6 Å². The fourth-order valence-corrected chi connectivity index (χ4v) is 4.06. The average molecular weight is 616 g/mol. The van der Waals surface area contributed by atoms with Gasteiger partial charge in [0.2, 0.25) is 5.91 Å². The largest absolute Gasteiger partial charge is 0.480 e. The molecule has 0 saturated heterocycles. The molecule has 0 radical (unpaired) electrons. The van der Waals surface area contributed by atoms with Crippen molar-refractivity contribution in [2.24, 2.45) is 0 Å². The number of hydrogen-bond donors (Lipinski definition) is 4. The van der Waals surface area contributed by atoms with Crippen LogP contribution >= 0.6 is 7.82 Å². The number of rotatable bonds is 26. The third kappa shape index (κ3) is 25.2. The summed E-state index contributed by atoms with van der Waals surface area (Å²) in [7, 11) is -4.73. The lowest BCUT2D eigenvalue weighted by Gasteiger charge is -2.18. The highest BCUT2D eigenvalue weighted by Gasteiger charge is 2.28. The van der Waals surface area contributed by atoms with Gasteiger partial charge in [-0.1, -0.05) is 75.3 Å². The van der Waals surface area contributed by atoms with Crippen LogP contribution in [0, 0.1) is 0 Å². The monoisotopic (exact) mass is 615 g/mol. The molecule has 11 nitrogen and oxygen atoms in total. The molecule has 3 unspecified atom stereocenters. The van der Waals surface area contributed by atoms with Crippen LogP contribution in [0.15, 0.2) is 48.6 Å². The second-order valence-corrected chi connectivity index (χ2v) is 11.0. The van der Waals surface area contributed by atoms with Crippen molar-refractivity contribution in [1.29, 1.82) is 0 Å². The van der Waals surface area contributed by atoms with E-state index in [0.29, 0.717) is 19.3 Å². The minimum absolute atomic E-state index is 0.0898. The van der Waals surface area contributed by atoms with Gasteiger partial charge in [0, 0.05) is 12.8 Å². The van der Waals surface area contributed by atoms with E-state index in [1.165, 1.54) is 19.3 Å². The Labute approximate surface area is 250 Å². The molecule has 0 fully saturated rings. The van der Waals surface area contributed by atoms with Crippen molar-refractivity contribution in [1.82, 2.24) is 5.32 Å². The van der Waals surface area contributed by atoms with E-state index in [1.54, 1.807) is 6.92 Å². The molecule has 0 aromatic carbocycles. The molecule has 0 aliphatic carbocycles. The lowest BCUT2D eigenvalue weighted by molar-refractivity contribution is -0.147. The highest BCUT2D eigenvalue weighted by atomic mass is 31.2. The Bertz CT molecular complexity index is 916. The summed E-state index contributed by atoms with van der Waals surface area (Å²) in [5, 5.41) is 21.1. The number of carbonyl (C=O) groups excluding carboxylic acids is 2. The van der Waals surface area contributed by atoms with Crippen molar-refractivity contribution in [3.05, 3.63) is 48.6 Å². The molecule has 4 N–H and O–H groups in total. The summed E-state index contributed by atoms with van der Waals surface area (Å²) in [6, 6.07) is -1.55. The molecule has 1 amide bonds. The van der Waals surface area contributed by atoms with Crippen molar-refractivity contribution in [2.45, 2.75) is 103 Å². The van der Waals surface area contributed by atoms with E-state index in [4.69, 9.17) is 9.84 Å². The number of unbranched alkanes of at least 4 members (excludes halogenated alkanes) is 4. The van der Waals surface area contributed by atoms with Crippen molar-refractivity contribution in [3.63, 3.8) is 0 Å². The molecule has 0 saturated carbocycles. The maximum absolute atomic E-state index is 11.9. The molecule has 3 atom stereocenters. The Morgan fingerprint density at radius 3 is 1.86 bits per heavy atom. The number of allylic oxidation sites excluding steroid dienone is 8. The summed E-state index contributed by atoms with van der Waals surface area (Å²) in [4.78, 5) is 44.3. The average Bonchev–Trinajstić information content (AvgIpc) is 2.94. The summed E-state index contributed by atoms with van der Waals surface area (Å²) in [5.41, 5.74) is 0. The number of esters is 1. The molecule has 0 spiro atoms. The SMILES string of the molecule is CCCCC/C=C\C/C=C\C/C=C\C/C=C\CCCC(=O)OCC(O)COP(=O)(O)OCC(NC(=O)CCC)C(=O)O. The minimum Gasteiger partial charge on any atom is -0.480 e. The van der Waals surface area contributed by atoms with Crippen LogP contribution in [0.25, 0.3) is 0 Å². The van der Waals surface area contributed by atoms with Gasteiger partial charge < -0.3 is 25.2 Å². The van der Waals surface area contributed by atoms with Crippen LogP contribution in [0.5, 0.6) is 0 Å². The van der Waals surface area contributed by atoms with E-state index in [9.17, 15) is 28.9 Å². The second kappa shape index (κ2) is 26.1. The second-order valence-electron chi connectivity index (χ2n) is 9.59. The van der Waals surface area contributed by atoms with Gasteiger partial charge >= 0.3 is 19.8 Å². The van der Waals surface area contributed by atoms with E-state index >= 15 is 0 Å². The van der Waals surface area contributed by atoms with E-state index in [2.05, 4.69) is 57.7 Å². The number of aliphatic hydroxyl groups is 1. The van der Waals surface area contributed by atoms with Gasteiger partial charge in [-0.15, -0.1) is 0 Å². The number of nitrogens with one attached hydrogen (secondary N) is 1. The zero-order valence-electron chi connectivity index (χ0n) is 25.0. The molecule has 0 aliphatic heterocycles. The van der Waals surface area contributed by atoms with Gasteiger partial charge in [0.1, 0.15) is 12.7 Å². The number of carboxylic acids is 1. The molecule has 0 aromatic rings. The Morgan fingerprint density at radius 2 is 1.31 bits per heavy atom. The van der Waals surface area contributed by atoms with Crippen LogP contribution in [0.3, 0.4) is 0 Å². The molecule has 0 aliphatic rings. The smallest absolute Gasteiger partial charge is 0.472 e. The molecule has 0 rings (SSSR count). The van der Waals surface area contributed by atoms with E-state index in [1.807, 2.05) is 12.2 Å². The lowest BCUT2D eigenvalue weighted by atomic mass is 10.2. The summed E-state index contributed by atoms with van der Waals surface area (Å²) < 4.78 is 26.1. The predicted molar refractivity (Wildman–Crippen MR) is 162 cm³/mol. The number of aliphatic carboxylic acids is 1. The number of phosphoric ester groups is 1. The first-order valence-electron chi connectivity index (χ1n) is 14.7. The highest BCUT2D eigenvalue weighted by Crippen LogP contribution is 2.43. The summed E-state index contributed by atoms with van der Waals surface area (Å²) in [6.45, 7) is 1.98. The molecule has 42 heavy (non-hydrogen) atoms. The Kier molecular flexibility index (Phi) is 24.5. The maximum Gasteiger partial charge on any atom is 0.472 e. The van der Waals surface area contributed by atoms with Crippen LogP contribution in [-0.4, -0.2) is 64.9 Å². The van der Waals surface area contributed by atoms with Crippen molar-refractivity contribution in [2.75, 3.05) is 19.8 Å². The van der Waals surface area contributed by atoms with Crippen LogP contribution in [0.2, 0.25) is 0 Å². The predicted octanol–water partition coefficient (Wildman–Crippen LogP) is 5.54. The van der Waals surface area contributed by atoms with Crippen molar-refractivity contribution < 1.29 is 47.8 Å². The van der Waals surface area contributed by atoms with E-state index in [-0.39, 0.29) is 12.8 Å². The molecule has 0 aromatic heterocycles. The Morgan fingerprint density at radius 1 is 0.762 bits per heavy atom. The van der Waals surface area contributed by atoms with Crippen LogP contribution in [-0.2, 0) is 32.7 Å². The van der Waals surface area contributed by atoms with Gasteiger partial charge in [-0.2, -0.15) is 0 Å². The number of amides is 1. The third-order valence-electron chi connectivity index (χ3n) is 5.59. The molecule has 12 heteroatoms. The Balaban J connectivity index is 3.98. The first kappa shape index (κ1) is 39.4. The van der Waals surface area contributed by atoms with Gasteiger partial charge in [-0.25, -0.2) is 9.36 Å². The lowest BCUT2D eigenvalue weighted by Crippen LogP contribution is -2.43. The maximum atomic E-state index is 11.9. The first-order valence-corrected chi connectivity index (χ1v) is 16.2. The normalized spacial score (nSPS) is 15.0. The zero-order chi connectivity index (χ0) is 31.5. The van der Waals surface area contributed by atoms with Crippen LogP contribution in [0.4, 0.5) is 0 Å². The summed E-state index contributed by atoms with van der Waals surface area (Å²) in [6.07, 6.45) is 25.2. The molecular weight excluding hydrogens is 565 g/mol. The van der Waals surface area contributed by atoms with Gasteiger partial charge in [0.25, 0.3) is 0 Å². The van der Waals surface area contributed by atoms with Crippen molar-refractivity contribution >= 4 is 25.7 Å². The Hall–Kier alpha value is -2.56. The van der Waals surface area contributed by atoms with Crippen LogP contribution in [0.1, 0.15) is 90.9 Å². The number of carbonyl (C=O) groups is 3. The minimum atomic E-state index is -4.73. The number of carboxylic acid groups (broad SMARTS) is 1. The van der Waals surface area contributed by atoms with Crippen molar-refractivity contribution in [3.8, 4) is 0 Å². The summed E-state index contributed by atoms with van der Waals surface area (Å²) in [5.74, 6) is -2.52. The highest BCUT2D eigenvalue weighted by molar-refractivity contribution is 7.47. The molecule has 0 heterocycles. The van der Waals surface area contributed by atoms with Gasteiger partial charge in [-0.05, 0) is 51.4 Å². The fraction of sp³-hybridized carbons (Fsp3) is 0.633. The molecular formula is C30H50NO10P. The third-order valence-corrected chi connectivity index (χ3v) is 6.54. The number of aliphatic hydroxyl groups excluding tert-OH is 1. The van der Waals surface area contributed by atoms with Gasteiger partial charge in [0.15, 0.2) is 6.04 Å². The van der Waals surface area contributed by atoms with Gasteiger partial charge in [0.05, 0.1) is 13.2 Å². The summed E-state index contributed by atoms with van der Waals surface area (Å²) >= 11 is 0. The topological polar surface area (TPSA) is 169 Å². The number of hydrogen-bond acceptors (Lipinski definition) is 8. The molecule has 0 bridgehead atoms. The number of ether oxygens (including phenoxy) is 1. The first-order chi connectivity index (χ1) is 20.1. The number of phosphoric acid groups is 1. The fourth-order valence-electron chi connectivity index (χ4n) is 3.29. The van der Waals surface area contributed by atoms with E-state index < -0.39 is 57.6 Å². The van der Waals surface area contributed by atoms with E-state index in [0.717, 1.165) is 25.7 Å². The zero-order valence-corrected chi connectivity index (χ0v) is 25.9. The quantitative estimate of drug-likeness (QED) is 0.0420. The standard InChI is InChI=1S/C30H50NO10P/c1-3-5-6-7-8-9-10-11-12-13-14-15-16-17-18-19-20-22-29(34)39-23-26(32)24-40-42(37,38)41-25-27(30(35)36)31-28(33)21-4-2/h8-9,11-12,14-15,17-18,26-27,32H,3-7,10,13,16,19-25H2,1-2H3,(H,31,33)(H,35,36)(H,37,38)/b9-8-,12-11-,15-14-,18-17-. The molecule has 240 valence electrons.